The molecule has 2 rings (SSSR count). The third-order valence-electron chi connectivity index (χ3n) is 2.69. The summed E-state index contributed by atoms with van der Waals surface area (Å²) in [6.07, 6.45) is 0. The van der Waals surface area contributed by atoms with Crippen LogP contribution in [-0.2, 0) is 0 Å². The Hall–Kier alpha value is -1.68. The minimum Gasteiger partial charge on any atom is -0.493 e. The van der Waals surface area contributed by atoms with Gasteiger partial charge in [-0.25, -0.2) is 4.98 Å². The van der Waals surface area contributed by atoms with Crippen molar-refractivity contribution in [3.63, 3.8) is 0 Å². The van der Waals surface area contributed by atoms with Crippen molar-refractivity contribution in [2.45, 2.75) is 20.8 Å². The molecule has 1 aromatic heterocycles. The molecule has 0 aliphatic rings. The molecule has 1 aromatic carbocycles. The maximum Gasteiger partial charge on any atom is 0.247 e. The van der Waals surface area contributed by atoms with Gasteiger partial charge in [0.1, 0.15) is 5.56 Å². The number of aryl methyl sites for hydroxylation is 3. The maximum atomic E-state index is 11.8. The van der Waals surface area contributed by atoms with Crippen LogP contribution in [0.15, 0.2) is 22.4 Å². The topological polar surface area (TPSA) is 50.2 Å². The Morgan fingerprint density at radius 2 is 1.71 bits per heavy atom. The van der Waals surface area contributed by atoms with Gasteiger partial charge >= 0.3 is 0 Å². The van der Waals surface area contributed by atoms with Crippen LogP contribution >= 0.6 is 11.3 Å². The zero-order chi connectivity index (χ0) is 12.6. The Labute approximate surface area is 103 Å². The average molecular weight is 247 g/mol. The molecule has 0 saturated heterocycles. The standard InChI is InChI=1S/C13H13NO2S/c1-7-4-8(2)10(9(3)5-7)11-12(15)14-6-17-13(11)16/h4-6,15H,1-3H3. The van der Waals surface area contributed by atoms with E-state index in [-0.39, 0.29) is 10.6 Å². The molecule has 0 radical (unpaired) electrons. The highest BCUT2D eigenvalue weighted by atomic mass is 32.1. The Balaban J connectivity index is 2.82. The van der Waals surface area contributed by atoms with Crippen LogP contribution in [0.3, 0.4) is 0 Å². The van der Waals surface area contributed by atoms with Gasteiger partial charge in [0.25, 0.3) is 0 Å². The summed E-state index contributed by atoms with van der Waals surface area (Å²) >= 11 is 0.998. The van der Waals surface area contributed by atoms with Crippen LogP contribution in [-0.4, -0.2) is 10.1 Å². The van der Waals surface area contributed by atoms with E-state index in [9.17, 15) is 9.90 Å². The first-order chi connectivity index (χ1) is 8.00. The molecule has 1 N–H and O–H groups in total. The Bertz CT molecular complexity index is 609. The van der Waals surface area contributed by atoms with Crippen molar-refractivity contribution < 1.29 is 5.11 Å². The highest BCUT2D eigenvalue weighted by Crippen LogP contribution is 2.30. The molecule has 88 valence electrons. The van der Waals surface area contributed by atoms with Gasteiger partial charge < -0.3 is 5.11 Å². The summed E-state index contributed by atoms with van der Waals surface area (Å²) in [6.45, 7) is 5.88. The van der Waals surface area contributed by atoms with Gasteiger partial charge in [-0.3, -0.25) is 4.79 Å². The summed E-state index contributed by atoms with van der Waals surface area (Å²) in [6, 6.07) is 4.00. The first-order valence-corrected chi connectivity index (χ1v) is 6.13. The van der Waals surface area contributed by atoms with Crippen LogP contribution in [0, 0.1) is 20.8 Å². The first-order valence-electron chi connectivity index (χ1n) is 5.25. The van der Waals surface area contributed by atoms with E-state index in [2.05, 4.69) is 4.98 Å². The number of nitrogens with zero attached hydrogens (tertiary/aromatic N) is 1. The Morgan fingerprint density at radius 1 is 1.12 bits per heavy atom. The van der Waals surface area contributed by atoms with Gasteiger partial charge in [0.2, 0.25) is 10.6 Å². The van der Waals surface area contributed by atoms with Crippen molar-refractivity contribution in [3.05, 3.63) is 43.9 Å². The van der Waals surface area contributed by atoms with E-state index < -0.39 is 0 Å². The van der Waals surface area contributed by atoms with Crippen LogP contribution < -0.4 is 4.74 Å². The lowest BCUT2D eigenvalue weighted by Gasteiger charge is -2.11. The molecule has 0 saturated carbocycles. The molecular weight excluding hydrogens is 234 g/mol. The average Bonchev–Trinajstić information content (AvgIpc) is 2.21. The number of hydrogen-bond acceptors (Lipinski definition) is 4. The predicted molar refractivity (Wildman–Crippen MR) is 69.7 cm³/mol. The van der Waals surface area contributed by atoms with E-state index in [1.54, 1.807) is 0 Å². The summed E-state index contributed by atoms with van der Waals surface area (Å²) in [7, 11) is 0. The number of hydrogen-bond donors (Lipinski definition) is 1. The molecule has 1 heterocycles. The summed E-state index contributed by atoms with van der Waals surface area (Å²) < 4.78 is -0.160. The van der Waals surface area contributed by atoms with Crippen LogP contribution in [0.2, 0.25) is 0 Å². The molecule has 0 atom stereocenters. The van der Waals surface area contributed by atoms with Crippen molar-refractivity contribution in [3.8, 4) is 17.0 Å². The minimum atomic E-state index is -0.191. The molecule has 0 unspecified atom stereocenters. The van der Waals surface area contributed by atoms with E-state index in [4.69, 9.17) is 0 Å². The number of benzene rings is 1. The summed E-state index contributed by atoms with van der Waals surface area (Å²) in [5.41, 5.74) is 5.57. The zero-order valence-corrected chi connectivity index (χ0v) is 10.8. The lowest BCUT2D eigenvalue weighted by Crippen LogP contribution is -2.03. The molecule has 0 aliphatic heterocycles. The van der Waals surface area contributed by atoms with Gasteiger partial charge in [-0.1, -0.05) is 29.0 Å². The normalized spacial score (nSPS) is 10.5. The van der Waals surface area contributed by atoms with Crippen LogP contribution in [0.25, 0.3) is 11.1 Å². The summed E-state index contributed by atoms with van der Waals surface area (Å²) in [4.78, 5) is 15.6. The molecule has 0 fully saturated rings. The van der Waals surface area contributed by atoms with E-state index in [0.717, 1.165) is 33.6 Å². The van der Waals surface area contributed by atoms with E-state index >= 15 is 0 Å². The Kier molecular flexibility index (Phi) is 2.98. The molecule has 3 nitrogen and oxygen atoms in total. The second-order valence-electron chi connectivity index (χ2n) is 4.11. The largest absolute Gasteiger partial charge is 0.493 e. The molecule has 4 heteroatoms. The second-order valence-corrected chi connectivity index (χ2v) is 4.93. The smallest absolute Gasteiger partial charge is 0.247 e. The molecule has 0 amide bonds. The Morgan fingerprint density at radius 3 is 2.24 bits per heavy atom. The fourth-order valence-electron chi connectivity index (χ4n) is 2.13. The number of aromatic nitrogens is 1. The van der Waals surface area contributed by atoms with Crippen LogP contribution in [0.1, 0.15) is 16.7 Å². The van der Waals surface area contributed by atoms with E-state index in [1.165, 1.54) is 5.51 Å². The quantitative estimate of drug-likeness (QED) is 0.843. The predicted octanol–water partition coefficient (Wildman–Crippen LogP) is 2.80. The lowest BCUT2D eigenvalue weighted by atomic mass is 9.95. The van der Waals surface area contributed by atoms with E-state index in [1.807, 2.05) is 32.9 Å². The van der Waals surface area contributed by atoms with Crippen molar-refractivity contribution in [1.82, 2.24) is 4.98 Å². The van der Waals surface area contributed by atoms with Crippen LogP contribution in [0.5, 0.6) is 5.88 Å². The van der Waals surface area contributed by atoms with Gasteiger partial charge in [0, 0.05) is 0 Å². The van der Waals surface area contributed by atoms with Crippen molar-refractivity contribution in [2.24, 2.45) is 0 Å². The van der Waals surface area contributed by atoms with Crippen molar-refractivity contribution >= 4 is 11.3 Å². The fourth-order valence-corrected chi connectivity index (χ4v) is 2.69. The number of aromatic hydroxyl groups is 1. The highest BCUT2D eigenvalue weighted by Gasteiger charge is 2.15. The fraction of sp³-hybridized carbons (Fsp3) is 0.231. The molecule has 0 spiro atoms. The third-order valence-corrected chi connectivity index (χ3v) is 3.32. The van der Waals surface area contributed by atoms with Gasteiger partial charge in [0.15, 0.2) is 0 Å². The van der Waals surface area contributed by atoms with Crippen molar-refractivity contribution in [2.75, 3.05) is 0 Å². The molecular formula is C13H13NO2S. The highest BCUT2D eigenvalue weighted by molar-refractivity contribution is 7.07. The molecule has 0 bridgehead atoms. The summed E-state index contributed by atoms with van der Waals surface area (Å²) in [5.74, 6) is -0.191. The minimum absolute atomic E-state index is 0.160. The van der Waals surface area contributed by atoms with Gasteiger partial charge in [0.05, 0.1) is 5.51 Å². The molecule has 17 heavy (non-hydrogen) atoms. The monoisotopic (exact) mass is 247 g/mol. The van der Waals surface area contributed by atoms with E-state index in [0.29, 0.717) is 5.56 Å². The maximum absolute atomic E-state index is 11.8. The second kappa shape index (κ2) is 4.30. The van der Waals surface area contributed by atoms with Crippen LogP contribution in [0.4, 0.5) is 0 Å². The molecule has 0 aliphatic carbocycles. The van der Waals surface area contributed by atoms with Gasteiger partial charge in [-0.15, -0.1) is 0 Å². The number of rotatable bonds is 1. The van der Waals surface area contributed by atoms with Crippen molar-refractivity contribution in [1.29, 1.82) is 0 Å². The molecule has 2 aromatic rings. The lowest BCUT2D eigenvalue weighted by molar-refractivity contribution is 0.456. The van der Waals surface area contributed by atoms with Gasteiger partial charge in [-0.2, -0.15) is 0 Å². The van der Waals surface area contributed by atoms with Gasteiger partial charge in [-0.05, 0) is 37.5 Å². The first kappa shape index (κ1) is 11.8. The summed E-state index contributed by atoms with van der Waals surface area (Å²) in [5, 5.41) is 9.76. The SMILES string of the molecule is Cc1cc(C)c(-c2c(O)ncsc2=O)c(C)c1. The third kappa shape index (κ3) is 2.08. The zero-order valence-electron chi connectivity index (χ0n) is 9.94.